The Hall–Kier alpha value is -2.09. The van der Waals surface area contributed by atoms with Gasteiger partial charge in [0.15, 0.2) is 0 Å². The highest BCUT2D eigenvalue weighted by Gasteiger charge is 2.35. The molecule has 1 fully saturated rings. The Kier molecular flexibility index (Phi) is 3.47. The number of nitrogens with zero attached hydrogens (tertiary/aromatic N) is 2. The van der Waals surface area contributed by atoms with Crippen LogP contribution in [0.3, 0.4) is 0 Å². The minimum Gasteiger partial charge on any atom is -0.481 e. The molecule has 1 aromatic rings. The Morgan fingerprint density at radius 3 is 2.94 bits per heavy atom. The molecule has 2 amide bonds. The summed E-state index contributed by atoms with van der Waals surface area (Å²) in [4.78, 5) is 22.5. The molecular formula is C10H14N4O4. The fourth-order valence-electron chi connectivity index (χ4n) is 1.76. The van der Waals surface area contributed by atoms with E-state index in [-0.39, 0.29) is 13.2 Å². The monoisotopic (exact) mass is 254 g/mol. The van der Waals surface area contributed by atoms with Crippen molar-refractivity contribution >= 4 is 17.7 Å². The number of hydrogen-bond acceptors (Lipinski definition) is 4. The Bertz CT molecular complexity index is 458. The van der Waals surface area contributed by atoms with Gasteiger partial charge in [0.2, 0.25) is 0 Å². The van der Waals surface area contributed by atoms with Crippen LogP contribution in [0.1, 0.15) is 0 Å². The van der Waals surface area contributed by atoms with Crippen LogP contribution in [-0.4, -0.2) is 46.1 Å². The number of carbonyl (C=O) groups excluding carboxylic acids is 1. The first kappa shape index (κ1) is 12.4. The normalized spacial score (nSPS) is 22.7. The van der Waals surface area contributed by atoms with Crippen molar-refractivity contribution < 1.29 is 19.4 Å². The van der Waals surface area contributed by atoms with E-state index in [1.165, 1.54) is 6.20 Å². The molecule has 8 nitrogen and oxygen atoms in total. The first-order valence-electron chi connectivity index (χ1n) is 5.43. The number of carboxylic acids is 1. The number of nitrogens with one attached hydrogen (secondary N) is 2. The molecule has 0 bridgehead atoms. The lowest BCUT2D eigenvalue weighted by atomic mass is 10.0. The minimum atomic E-state index is -0.973. The quantitative estimate of drug-likeness (QED) is 0.683. The van der Waals surface area contributed by atoms with Crippen LogP contribution in [0.25, 0.3) is 0 Å². The van der Waals surface area contributed by atoms with E-state index in [4.69, 9.17) is 9.84 Å². The first-order chi connectivity index (χ1) is 8.56. The average molecular weight is 254 g/mol. The molecule has 1 aromatic heterocycles. The van der Waals surface area contributed by atoms with Gasteiger partial charge in [0.25, 0.3) is 0 Å². The summed E-state index contributed by atoms with van der Waals surface area (Å²) in [7, 11) is 1.73. The SMILES string of the molecule is Cn1cc(NC(=O)NC2COCC2C(=O)O)cn1. The van der Waals surface area contributed by atoms with E-state index in [1.54, 1.807) is 17.9 Å². The third kappa shape index (κ3) is 2.77. The number of aliphatic carboxylic acids is 1. The summed E-state index contributed by atoms with van der Waals surface area (Å²) < 4.78 is 6.60. The van der Waals surface area contributed by atoms with E-state index in [0.29, 0.717) is 5.69 Å². The van der Waals surface area contributed by atoms with Crippen molar-refractivity contribution in [2.24, 2.45) is 13.0 Å². The van der Waals surface area contributed by atoms with E-state index in [0.717, 1.165) is 0 Å². The Morgan fingerprint density at radius 1 is 1.56 bits per heavy atom. The van der Waals surface area contributed by atoms with Crippen LogP contribution < -0.4 is 10.6 Å². The Balaban J connectivity index is 1.89. The maximum absolute atomic E-state index is 11.6. The van der Waals surface area contributed by atoms with Crippen LogP contribution in [0.15, 0.2) is 12.4 Å². The highest BCUT2D eigenvalue weighted by molar-refractivity contribution is 5.89. The maximum Gasteiger partial charge on any atom is 0.319 e. The Morgan fingerprint density at radius 2 is 2.33 bits per heavy atom. The highest BCUT2D eigenvalue weighted by Crippen LogP contribution is 2.14. The number of carbonyl (C=O) groups is 2. The van der Waals surface area contributed by atoms with Crippen molar-refractivity contribution in [3.8, 4) is 0 Å². The van der Waals surface area contributed by atoms with Gasteiger partial charge in [0, 0.05) is 13.2 Å². The number of aryl methyl sites for hydroxylation is 1. The van der Waals surface area contributed by atoms with Crippen molar-refractivity contribution in [1.29, 1.82) is 0 Å². The van der Waals surface area contributed by atoms with Gasteiger partial charge in [-0.15, -0.1) is 0 Å². The van der Waals surface area contributed by atoms with Gasteiger partial charge in [-0.2, -0.15) is 5.10 Å². The molecule has 2 rings (SSSR count). The number of ether oxygens (including phenoxy) is 1. The number of rotatable bonds is 3. The molecule has 1 aliphatic rings. The molecule has 0 radical (unpaired) electrons. The first-order valence-corrected chi connectivity index (χ1v) is 5.43. The highest BCUT2D eigenvalue weighted by atomic mass is 16.5. The van der Waals surface area contributed by atoms with Crippen LogP contribution in [0, 0.1) is 5.92 Å². The number of urea groups is 1. The van der Waals surface area contributed by atoms with Crippen molar-refractivity contribution in [3.05, 3.63) is 12.4 Å². The maximum atomic E-state index is 11.6. The van der Waals surface area contributed by atoms with Gasteiger partial charge in [0.1, 0.15) is 5.92 Å². The minimum absolute atomic E-state index is 0.118. The third-order valence-corrected chi connectivity index (χ3v) is 2.68. The molecule has 0 aliphatic carbocycles. The Labute approximate surface area is 103 Å². The number of carboxylic acid groups (broad SMARTS) is 1. The third-order valence-electron chi connectivity index (χ3n) is 2.68. The second-order valence-corrected chi connectivity index (χ2v) is 4.09. The van der Waals surface area contributed by atoms with Gasteiger partial charge in [-0.05, 0) is 0 Å². The number of aromatic nitrogens is 2. The zero-order valence-corrected chi connectivity index (χ0v) is 9.79. The summed E-state index contributed by atoms with van der Waals surface area (Å²) in [5.74, 6) is -1.68. The molecule has 2 unspecified atom stereocenters. The largest absolute Gasteiger partial charge is 0.481 e. The molecular weight excluding hydrogens is 240 g/mol. The zero-order valence-electron chi connectivity index (χ0n) is 9.79. The van der Waals surface area contributed by atoms with Crippen LogP contribution >= 0.6 is 0 Å². The van der Waals surface area contributed by atoms with Gasteiger partial charge in [-0.3, -0.25) is 9.48 Å². The molecule has 8 heteroatoms. The van der Waals surface area contributed by atoms with Crippen LogP contribution in [0.5, 0.6) is 0 Å². The molecule has 2 heterocycles. The zero-order chi connectivity index (χ0) is 13.1. The molecule has 3 N–H and O–H groups in total. The summed E-state index contributed by atoms with van der Waals surface area (Å²) in [6.07, 6.45) is 3.14. The molecule has 18 heavy (non-hydrogen) atoms. The lowest BCUT2D eigenvalue weighted by Crippen LogP contribution is -2.44. The smallest absolute Gasteiger partial charge is 0.319 e. The number of anilines is 1. The number of hydrogen-bond donors (Lipinski definition) is 3. The molecule has 1 aliphatic heterocycles. The lowest BCUT2D eigenvalue weighted by molar-refractivity contribution is -0.142. The standard InChI is InChI=1S/C10H14N4O4/c1-14-3-6(2-11-14)12-10(17)13-8-5-18-4-7(8)9(15)16/h2-3,7-8H,4-5H2,1H3,(H,15,16)(H2,12,13,17). The summed E-state index contributed by atoms with van der Waals surface area (Å²) in [5, 5.41) is 18.0. The summed E-state index contributed by atoms with van der Waals surface area (Å²) in [6, 6.07) is -0.982. The van der Waals surface area contributed by atoms with E-state index >= 15 is 0 Å². The van der Waals surface area contributed by atoms with Crippen molar-refractivity contribution in [1.82, 2.24) is 15.1 Å². The molecule has 98 valence electrons. The molecule has 2 atom stereocenters. The van der Waals surface area contributed by atoms with Gasteiger partial charge in [-0.1, -0.05) is 0 Å². The summed E-state index contributed by atoms with van der Waals surface area (Å²) >= 11 is 0. The molecule has 0 spiro atoms. The molecule has 0 aromatic carbocycles. The fraction of sp³-hybridized carbons (Fsp3) is 0.500. The number of amides is 2. The van der Waals surface area contributed by atoms with Gasteiger partial charge < -0.3 is 20.5 Å². The van der Waals surface area contributed by atoms with Crippen molar-refractivity contribution in [3.63, 3.8) is 0 Å². The van der Waals surface area contributed by atoms with E-state index < -0.39 is 24.0 Å². The average Bonchev–Trinajstić information content (AvgIpc) is 2.87. The second-order valence-electron chi connectivity index (χ2n) is 4.09. The van der Waals surface area contributed by atoms with Gasteiger partial charge in [0.05, 0.1) is 31.1 Å². The van der Waals surface area contributed by atoms with Crippen LogP contribution in [0.4, 0.5) is 10.5 Å². The van der Waals surface area contributed by atoms with E-state index in [1.807, 2.05) is 0 Å². The van der Waals surface area contributed by atoms with E-state index in [9.17, 15) is 9.59 Å². The van der Waals surface area contributed by atoms with Gasteiger partial charge in [-0.25, -0.2) is 4.79 Å². The van der Waals surface area contributed by atoms with Crippen molar-refractivity contribution in [2.75, 3.05) is 18.5 Å². The van der Waals surface area contributed by atoms with Crippen molar-refractivity contribution in [2.45, 2.75) is 6.04 Å². The fourth-order valence-corrected chi connectivity index (χ4v) is 1.76. The topological polar surface area (TPSA) is 105 Å². The summed E-state index contributed by atoms with van der Waals surface area (Å²) in [5.41, 5.74) is 0.542. The van der Waals surface area contributed by atoms with Crippen LogP contribution in [-0.2, 0) is 16.6 Å². The van der Waals surface area contributed by atoms with E-state index in [2.05, 4.69) is 15.7 Å². The molecule has 0 saturated carbocycles. The lowest BCUT2D eigenvalue weighted by Gasteiger charge is -2.15. The van der Waals surface area contributed by atoms with Crippen LogP contribution in [0.2, 0.25) is 0 Å². The predicted molar refractivity (Wildman–Crippen MR) is 61.1 cm³/mol. The summed E-state index contributed by atoms with van der Waals surface area (Å²) in [6.45, 7) is 0.324. The predicted octanol–water partition coefficient (Wildman–Crippen LogP) is -0.359. The molecule has 1 saturated heterocycles. The van der Waals surface area contributed by atoms with Gasteiger partial charge >= 0.3 is 12.0 Å². The second kappa shape index (κ2) is 5.05.